The van der Waals surface area contributed by atoms with Gasteiger partial charge in [0.1, 0.15) is 0 Å². The molecule has 0 amide bonds. The number of methoxy groups -OCH3 is 1. The molecule has 0 radical (unpaired) electrons. The van der Waals surface area contributed by atoms with Crippen molar-refractivity contribution in [1.29, 1.82) is 0 Å². The van der Waals surface area contributed by atoms with E-state index in [4.69, 9.17) is 10.5 Å². The molecule has 1 saturated heterocycles. The number of hydrogen-bond acceptors (Lipinski definition) is 3. The van der Waals surface area contributed by atoms with Crippen LogP contribution in [0.5, 0.6) is 5.75 Å². The maximum atomic E-state index is 14.0. The van der Waals surface area contributed by atoms with Crippen LogP contribution in [0.2, 0.25) is 0 Å². The molecule has 1 aromatic rings. The molecule has 0 saturated carbocycles. The van der Waals surface area contributed by atoms with Gasteiger partial charge in [-0.25, -0.2) is 4.39 Å². The topological polar surface area (TPSA) is 38.5 Å². The third-order valence-corrected chi connectivity index (χ3v) is 3.48. The van der Waals surface area contributed by atoms with Crippen LogP contribution < -0.4 is 10.5 Å². The minimum absolute atomic E-state index is 0.0654. The van der Waals surface area contributed by atoms with E-state index in [1.165, 1.54) is 7.11 Å². The zero-order valence-corrected chi connectivity index (χ0v) is 11.1. The number of nitrogens with two attached hydrogens (primary N) is 1. The molecule has 1 aliphatic rings. The normalized spacial score (nSPS) is 18.4. The quantitative estimate of drug-likeness (QED) is 0.872. The molecule has 1 aromatic carbocycles. The molecule has 0 aliphatic carbocycles. The number of rotatable bonds is 5. The Morgan fingerprint density at radius 3 is 2.78 bits per heavy atom. The zero-order chi connectivity index (χ0) is 13.2. The molecule has 0 spiro atoms. The van der Waals surface area contributed by atoms with Gasteiger partial charge in [-0.2, -0.15) is 0 Å². The summed E-state index contributed by atoms with van der Waals surface area (Å²) in [4.78, 5) is 2.17. The van der Waals surface area contributed by atoms with Crippen LogP contribution in [0.15, 0.2) is 18.2 Å². The molecule has 1 aliphatic heterocycles. The molecule has 1 fully saturated rings. The van der Waals surface area contributed by atoms with Crippen molar-refractivity contribution < 1.29 is 9.13 Å². The molecule has 0 unspecified atom stereocenters. The van der Waals surface area contributed by atoms with Gasteiger partial charge in [-0.3, -0.25) is 4.90 Å². The summed E-state index contributed by atoms with van der Waals surface area (Å²) in [6.07, 6.45) is 2.13. The number of nitrogens with zero attached hydrogens (tertiary/aromatic N) is 1. The van der Waals surface area contributed by atoms with Gasteiger partial charge in [0, 0.05) is 30.7 Å². The van der Waals surface area contributed by atoms with Gasteiger partial charge in [0.25, 0.3) is 0 Å². The van der Waals surface area contributed by atoms with E-state index in [-0.39, 0.29) is 11.4 Å². The van der Waals surface area contributed by atoms with Gasteiger partial charge >= 0.3 is 0 Å². The van der Waals surface area contributed by atoms with Gasteiger partial charge in [-0.05, 0) is 12.5 Å². The Labute approximate surface area is 108 Å². The molecule has 0 atom stereocenters. The standard InChI is InChI=1S/C14H21FN2O/c1-3-7-14(16)9-17(10-14)8-11-5-4-6-12(18-2)13(11)15/h4-6H,3,7-10,16H2,1-2H3. The van der Waals surface area contributed by atoms with Gasteiger partial charge in [0.05, 0.1) is 7.11 Å². The van der Waals surface area contributed by atoms with E-state index in [1.807, 2.05) is 6.07 Å². The molecular weight excluding hydrogens is 231 g/mol. The molecule has 18 heavy (non-hydrogen) atoms. The summed E-state index contributed by atoms with van der Waals surface area (Å²) in [5.41, 5.74) is 6.80. The van der Waals surface area contributed by atoms with Gasteiger partial charge in [-0.1, -0.05) is 25.5 Å². The number of likely N-dealkylation sites (tertiary alicyclic amines) is 1. The Balaban J connectivity index is 1.96. The maximum absolute atomic E-state index is 14.0. The fourth-order valence-electron chi connectivity index (χ4n) is 2.69. The zero-order valence-electron chi connectivity index (χ0n) is 11.1. The highest BCUT2D eigenvalue weighted by Gasteiger charge is 2.38. The highest BCUT2D eigenvalue weighted by molar-refractivity contribution is 5.31. The predicted molar refractivity (Wildman–Crippen MR) is 70.1 cm³/mol. The molecule has 0 aromatic heterocycles. The first-order chi connectivity index (χ1) is 8.58. The Hall–Kier alpha value is -1.13. The van der Waals surface area contributed by atoms with Crippen molar-refractivity contribution in [3.8, 4) is 5.75 Å². The SMILES string of the molecule is CCCC1(N)CN(Cc2cccc(OC)c2F)C1. The minimum Gasteiger partial charge on any atom is -0.494 e. The maximum Gasteiger partial charge on any atom is 0.169 e. The van der Waals surface area contributed by atoms with Gasteiger partial charge in [0.2, 0.25) is 0 Å². The summed E-state index contributed by atoms with van der Waals surface area (Å²) in [6.45, 7) is 4.43. The van der Waals surface area contributed by atoms with Gasteiger partial charge < -0.3 is 10.5 Å². The third kappa shape index (κ3) is 2.65. The summed E-state index contributed by atoms with van der Waals surface area (Å²) in [5.74, 6) is 0.0469. The van der Waals surface area contributed by atoms with Crippen molar-refractivity contribution in [2.45, 2.75) is 31.8 Å². The lowest BCUT2D eigenvalue weighted by Crippen LogP contribution is -2.66. The lowest BCUT2D eigenvalue weighted by Gasteiger charge is -2.48. The van der Waals surface area contributed by atoms with Gasteiger partial charge in [-0.15, -0.1) is 0 Å². The van der Waals surface area contributed by atoms with Crippen molar-refractivity contribution in [2.75, 3.05) is 20.2 Å². The molecule has 1 heterocycles. The molecule has 2 N–H and O–H groups in total. The summed E-state index contributed by atoms with van der Waals surface area (Å²) >= 11 is 0. The third-order valence-electron chi connectivity index (χ3n) is 3.48. The summed E-state index contributed by atoms with van der Waals surface area (Å²) in [5, 5.41) is 0. The van der Waals surface area contributed by atoms with E-state index in [0.29, 0.717) is 17.9 Å². The van der Waals surface area contributed by atoms with E-state index in [9.17, 15) is 4.39 Å². The highest BCUT2D eigenvalue weighted by atomic mass is 19.1. The second kappa shape index (κ2) is 5.24. The van der Waals surface area contributed by atoms with Crippen molar-refractivity contribution in [3.05, 3.63) is 29.6 Å². The molecule has 100 valence electrons. The van der Waals surface area contributed by atoms with Crippen molar-refractivity contribution in [2.24, 2.45) is 5.73 Å². The van der Waals surface area contributed by atoms with E-state index in [0.717, 1.165) is 25.9 Å². The second-order valence-corrected chi connectivity index (χ2v) is 5.19. The molecule has 4 heteroatoms. The number of ether oxygens (including phenoxy) is 1. The number of halogens is 1. The number of benzene rings is 1. The average molecular weight is 252 g/mol. The summed E-state index contributed by atoms with van der Waals surface area (Å²) < 4.78 is 18.9. The Bertz CT molecular complexity index is 416. The van der Waals surface area contributed by atoms with Crippen LogP contribution in [0.25, 0.3) is 0 Å². The smallest absolute Gasteiger partial charge is 0.169 e. The second-order valence-electron chi connectivity index (χ2n) is 5.19. The van der Waals surface area contributed by atoms with Crippen LogP contribution >= 0.6 is 0 Å². The molecular formula is C14H21FN2O. The molecule has 3 nitrogen and oxygen atoms in total. The highest BCUT2D eigenvalue weighted by Crippen LogP contribution is 2.27. The lowest BCUT2D eigenvalue weighted by molar-refractivity contribution is 0.0556. The Morgan fingerprint density at radius 1 is 1.44 bits per heavy atom. The fourth-order valence-corrected chi connectivity index (χ4v) is 2.69. The van der Waals surface area contributed by atoms with E-state index >= 15 is 0 Å². The van der Waals surface area contributed by atoms with Crippen LogP contribution in [0.1, 0.15) is 25.3 Å². The fraction of sp³-hybridized carbons (Fsp3) is 0.571. The monoisotopic (exact) mass is 252 g/mol. The van der Waals surface area contributed by atoms with Crippen LogP contribution in [-0.4, -0.2) is 30.6 Å². The molecule has 0 bridgehead atoms. The van der Waals surface area contributed by atoms with E-state index in [1.54, 1.807) is 12.1 Å². The lowest BCUT2D eigenvalue weighted by atomic mass is 9.86. The number of hydrogen-bond donors (Lipinski definition) is 1. The van der Waals surface area contributed by atoms with Crippen molar-refractivity contribution in [3.63, 3.8) is 0 Å². The first-order valence-corrected chi connectivity index (χ1v) is 6.40. The predicted octanol–water partition coefficient (Wildman–Crippen LogP) is 2.15. The van der Waals surface area contributed by atoms with Crippen LogP contribution in [-0.2, 0) is 6.54 Å². The first-order valence-electron chi connectivity index (χ1n) is 6.40. The summed E-state index contributed by atoms with van der Waals surface area (Å²) in [6, 6.07) is 5.26. The van der Waals surface area contributed by atoms with Crippen LogP contribution in [0, 0.1) is 5.82 Å². The average Bonchev–Trinajstić information content (AvgIpc) is 2.30. The largest absolute Gasteiger partial charge is 0.494 e. The minimum atomic E-state index is -0.259. The van der Waals surface area contributed by atoms with Crippen molar-refractivity contribution in [1.82, 2.24) is 4.90 Å². The van der Waals surface area contributed by atoms with Crippen molar-refractivity contribution >= 4 is 0 Å². The summed E-state index contributed by atoms with van der Waals surface area (Å²) in [7, 11) is 1.48. The molecule has 2 rings (SSSR count). The Morgan fingerprint density at radius 2 is 2.17 bits per heavy atom. The van der Waals surface area contributed by atoms with Gasteiger partial charge in [0.15, 0.2) is 11.6 Å². The Kier molecular flexibility index (Phi) is 3.88. The first kappa shape index (κ1) is 13.3. The van der Waals surface area contributed by atoms with Crippen LogP contribution in [0.3, 0.4) is 0 Å². The van der Waals surface area contributed by atoms with E-state index < -0.39 is 0 Å². The van der Waals surface area contributed by atoms with E-state index in [2.05, 4.69) is 11.8 Å². The van der Waals surface area contributed by atoms with Crippen LogP contribution in [0.4, 0.5) is 4.39 Å².